The lowest BCUT2D eigenvalue weighted by atomic mass is 9.87. The summed E-state index contributed by atoms with van der Waals surface area (Å²) < 4.78 is 1.23. The van der Waals surface area contributed by atoms with Gasteiger partial charge >= 0.3 is 0 Å². The number of benzene rings is 1. The van der Waals surface area contributed by atoms with Crippen LogP contribution < -0.4 is 5.32 Å². The molecule has 0 saturated carbocycles. The Balaban J connectivity index is 1.47. The fourth-order valence-corrected chi connectivity index (χ4v) is 4.80. The molecule has 0 aromatic heterocycles. The summed E-state index contributed by atoms with van der Waals surface area (Å²) in [5.41, 5.74) is 3.14. The van der Waals surface area contributed by atoms with Crippen molar-refractivity contribution in [1.82, 2.24) is 10.2 Å². The maximum atomic E-state index is 3.73. The maximum Gasteiger partial charge on any atom is 0.0235 e. The lowest BCUT2D eigenvalue weighted by Crippen LogP contribution is -2.42. The Labute approximate surface area is 130 Å². The summed E-state index contributed by atoms with van der Waals surface area (Å²) >= 11 is 3.59. The van der Waals surface area contributed by atoms with Gasteiger partial charge in [0.25, 0.3) is 0 Å². The van der Waals surface area contributed by atoms with Crippen molar-refractivity contribution in [3.05, 3.63) is 33.8 Å². The molecule has 1 aromatic rings. The molecule has 3 heteroatoms. The number of nitrogens with zero attached hydrogens (tertiary/aromatic N) is 1. The van der Waals surface area contributed by atoms with Gasteiger partial charge in [0, 0.05) is 29.6 Å². The van der Waals surface area contributed by atoms with Gasteiger partial charge in [-0.2, -0.15) is 0 Å². The summed E-state index contributed by atoms with van der Waals surface area (Å²) in [6.07, 6.45) is 6.64. The van der Waals surface area contributed by atoms with E-state index >= 15 is 0 Å². The average molecular weight is 335 g/mol. The van der Waals surface area contributed by atoms with Gasteiger partial charge in [-0.3, -0.25) is 4.90 Å². The fraction of sp³-hybridized carbons (Fsp3) is 0.647. The molecule has 3 aliphatic rings. The number of nitrogens with one attached hydrogen (secondary N) is 1. The molecule has 2 fully saturated rings. The summed E-state index contributed by atoms with van der Waals surface area (Å²) in [4.78, 5) is 2.78. The molecule has 108 valence electrons. The number of halogens is 1. The third kappa shape index (κ3) is 2.44. The van der Waals surface area contributed by atoms with Crippen LogP contribution in [0, 0.1) is 5.92 Å². The molecule has 2 heterocycles. The van der Waals surface area contributed by atoms with Crippen LogP contribution in [-0.4, -0.2) is 36.6 Å². The number of hydrogen-bond donors (Lipinski definition) is 1. The third-order valence-corrected chi connectivity index (χ3v) is 6.01. The predicted molar refractivity (Wildman–Crippen MR) is 86.0 cm³/mol. The molecule has 1 unspecified atom stereocenters. The van der Waals surface area contributed by atoms with E-state index in [1.165, 1.54) is 56.2 Å². The average Bonchev–Trinajstić information content (AvgIpc) is 2.90. The smallest absolute Gasteiger partial charge is 0.0235 e. The Hall–Kier alpha value is -0.380. The SMILES string of the molecule is Brc1ccc2c(c1)CCC(N1C[C@@H]3CCCN[C@@H]3C1)C2. The molecule has 3 atom stereocenters. The molecular weight excluding hydrogens is 312 g/mol. The lowest BCUT2D eigenvalue weighted by molar-refractivity contribution is 0.212. The molecule has 2 saturated heterocycles. The Morgan fingerprint density at radius 2 is 2.10 bits per heavy atom. The van der Waals surface area contributed by atoms with E-state index in [0.717, 1.165) is 18.0 Å². The van der Waals surface area contributed by atoms with Crippen LogP contribution in [0.2, 0.25) is 0 Å². The first-order valence-corrected chi connectivity index (χ1v) is 8.83. The van der Waals surface area contributed by atoms with Crippen molar-refractivity contribution < 1.29 is 0 Å². The summed E-state index contributed by atoms with van der Waals surface area (Å²) in [5, 5.41) is 3.73. The van der Waals surface area contributed by atoms with Crippen LogP contribution in [0.25, 0.3) is 0 Å². The van der Waals surface area contributed by atoms with Crippen molar-refractivity contribution >= 4 is 15.9 Å². The van der Waals surface area contributed by atoms with Crippen molar-refractivity contribution in [2.45, 2.75) is 44.2 Å². The number of rotatable bonds is 1. The van der Waals surface area contributed by atoms with Crippen LogP contribution >= 0.6 is 15.9 Å². The molecule has 0 radical (unpaired) electrons. The highest BCUT2D eigenvalue weighted by Gasteiger charge is 2.37. The van der Waals surface area contributed by atoms with Crippen molar-refractivity contribution in [3.8, 4) is 0 Å². The van der Waals surface area contributed by atoms with E-state index in [4.69, 9.17) is 0 Å². The van der Waals surface area contributed by atoms with Crippen molar-refractivity contribution in [2.24, 2.45) is 5.92 Å². The molecule has 0 bridgehead atoms. The molecule has 2 aliphatic heterocycles. The number of piperidine rings is 1. The molecule has 4 rings (SSSR count). The maximum absolute atomic E-state index is 3.73. The highest BCUT2D eigenvalue weighted by Crippen LogP contribution is 2.32. The van der Waals surface area contributed by atoms with E-state index in [9.17, 15) is 0 Å². The molecule has 1 aromatic carbocycles. The highest BCUT2D eigenvalue weighted by atomic mass is 79.9. The van der Waals surface area contributed by atoms with E-state index in [0.29, 0.717) is 0 Å². The third-order valence-electron chi connectivity index (χ3n) is 5.51. The van der Waals surface area contributed by atoms with Crippen molar-refractivity contribution in [3.63, 3.8) is 0 Å². The van der Waals surface area contributed by atoms with E-state index in [1.54, 1.807) is 11.1 Å². The number of likely N-dealkylation sites (tertiary alicyclic amines) is 1. The van der Waals surface area contributed by atoms with Crippen LogP contribution in [-0.2, 0) is 12.8 Å². The summed E-state index contributed by atoms with van der Waals surface area (Å²) in [6.45, 7) is 3.84. The van der Waals surface area contributed by atoms with Crippen molar-refractivity contribution in [1.29, 1.82) is 0 Å². The Morgan fingerprint density at radius 3 is 3.00 bits per heavy atom. The molecule has 0 amide bonds. The molecule has 1 N–H and O–H groups in total. The van der Waals surface area contributed by atoms with E-state index < -0.39 is 0 Å². The van der Waals surface area contributed by atoms with Gasteiger partial charge in [0.1, 0.15) is 0 Å². The number of hydrogen-bond acceptors (Lipinski definition) is 2. The Kier molecular flexibility index (Phi) is 3.61. The standard InChI is InChI=1S/C17H23BrN2/c18-15-5-3-13-9-16(6-4-12(13)8-15)20-10-14-2-1-7-19-17(14)11-20/h3,5,8,14,16-17,19H,1-2,4,6-7,9-11H2/t14-,16?,17+/m0/s1. The second-order valence-corrected chi connectivity index (χ2v) is 7.64. The quantitative estimate of drug-likeness (QED) is 0.849. The molecule has 2 nitrogen and oxygen atoms in total. The molecule has 0 spiro atoms. The lowest BCUT2D eigenvalue weighted by Gasteiger charge is -2.32. The topological polar surface area (TPSA) is 15.3 Å². The van der Waals surface area contributed by atoms with E-state index in [-0.39, 0.29) is 0 Å². The number of fused-ring (bicyclic) bond motifs is 2. The molecular formula is C17H23BrN2. The van der Waals surface area contributed by atoms with E-state index in [1.807, 2.05) is 0 Å². The number of aryl methyl sites for hydroxylation is 1. The monoisotopic (exact) mass is 334 g/mol. The Bertz CT molecular complexity index is 488. The molecule has 20 heavy (non-hydrogen) atoms. The minimum absolute atomic E-state index is 0.773. The van der Waals surface area contributed by atoms with Crippen molar-refractivity contribution in [2.75, 3.05) is 19.6 Å². The first-order chi connectivity index (χ1) is 9.79. The van der Waals surface area contributed by atoms with Crippen LogP contribution in [0.5, 0.6) is 0 Å². The van der Waals surface area contributed by atoms with Gasteiger partial charge in [-0.25, -0.2) is 0 Å². The van der Waals surface area contributed by atoms with Gasteiger partial charge in [-0.15, -0.1) is 0 Å². The van der Waals surface area contributed by atoms with Crippen LogP contribution in [0.15, 0.2) is 22.7 Å². The van der Waals surface area contributed by atoms with E-state index in [2.05, 4.69) is 44.3 Å². The van der Waals surface area contributed by atoms with Gasteiger partial charge in [0.15, 0.2) is 0 Å². The summed E-state index contributed by atoms with van der Waals surface area (Å²) in [7, 11) is 0. The second kappa shape index (κ2) is 5.43. The second-order valence-electron chi connectivity index (χ2n) is 6.73. The van der Waals surface area contributed by atoms with Gasteiger partial charge in [0.05, 0.1) is 0 Å². The minimum atomic E-state index is 0.773. The summed E-state index contributed by atoms with van der Waals surface area (Å²) in [5.74, 6) is 0.912. The minimum Gasteiger partial charge on any atom is -0.312 e. The van der Waals surface area contributed by atoms with Crippen LogP contribution in [0.4, 0.5) is 0 Å². The zero-order chi connectivity index (χ0) is 13.5. The molecule has 1 aliphatic carbocycles. The van der Waals surface area contributed by atoms with Gasteiger partial charge < -0.3 is 5.32 Å². The van der Waals surface area contributed by atoms with Gasteiger partial charge in [0.2, 0.25) is 0 Å². The normalized spacial score (nSPS) is 33.8. The zero-order valence-electron chi connectivity index (χ0n) is 11.9. The van der Waals surface area contributed by atoms with Crippen LogP contribution in [0.3, 0.4) is 0 Å². The highest BCUT2D eigenvalue weighted by molar-refractivity contribution is 9.10. The van der Waals surface area contributed by atoms with Gasteiger partial charge in [-0.1, -0.05) is 22.0 Å². The van der Waals surface area contributed by atoms with Crippen LogP contribution in [0.1, 0.15) is 30.4 Å². The first kappa shape index (κ1) is 13.3. The largest absolute Gasteiger partial charge is 0.312 e. The fourth-order valence-electron chi connectivity index (χ4n) is 4.39. The van der Waals surface area contributed by atoms with Gasteiger partial charge in [-0.05, 0) is 67.8 Å². The summed E-state index contributed by atoms with van der Waals surface area (Å²) in [6, 6.07) is 8.39. The first-order valence-electron chi connectivity index (χ1n) is 8.04. The predicted octanol–water partition coefficient (Wildman–Crippen LogP) is 2.99. The Morgan fingerprint density at radius 1 is 1.15 bits per heavy atom. The zero-order valence-corrected chi connectivity index (χ0v) is 13.5.